The van der Waals surface area contributed by atoms with E-state index in [4.69, 9.17) is 14.6 Å². The minimum atomic E-state index is -0.966. The molecule has 1 aromatic rings. The molecule has 0 spiro atoms. The van der Waals surface area contributed by atoms with Crippen LogP contribution in [0.25, 0.3) is 0 Å². The van der Waals surface area contributed by atoms with E-state index in [0.29, 0.717) is 17.7 Å². The second-order valence-electron chi connectivity index (χ2n) is 4.62. The number of carboxylic acids is 1. The van der Waals surface area contributed by atoms with E-state index in [-0.39, 0.29) is 6.42 Å². The van der Waals surface area contributed by atoms with Crippen LogP contribution in [0.5, 0.6) is 5.75 Å². The summed E-state index contributed by atoms with van der Waals surface area (Å²) in [6.07, 6.45) is 0.402. The molecule has 0 atom stereocenters. The van der Waals surface area contributed by atoms with Crippen molar-refractivity contribution in [2.45, 2.75) is 32.5 Å². The first-order valence-electron chi connectivity index (χ1n) is 5.64. The quantitative estimate of drug-likeness (QED) is 0.830. The fourth-order valence-electron chi connectivity index (χ4n) is 1.80. The molecule has 5 nitrogen and oxygen atoms in total. The summed E-state index contributed by atoms with van der Waals surface area (Å²) in [6.45, 7) is 3.32. The zero-order valence-electron chi connectivity index (χ0n) is 10.2. The van der Waals surface area contributed by atoms with Crippen LogP contribution in [0.4, 0.5) is 0 Å². The normalized spacial score (nSPS) is 16.4. The van der Waals surface area contributed by atoms with E-state index in [1.807, 2.05) is 0 Å². The number of hydrogen-bond acceptors (Lipinski definition) is 4. The Kier molecular flexibility index (Phi) is 2.98. The number of carbonyl (C=O) groups is 2. The minimum Gasteiger partial charge on any atom is -0.481 e. The molecular formula is C13H14O5. The Bertz CT molecular complexity index is 504. The minimum absolute atomic E-state index is 0.0280. The molecule has 0 aliphatic carbocycles. The molecule has 5 heteroatoms. The topological polar surface area (TPSA) is 72.8 Å². The molecule has 0 saturated carbocycles. The zero-order chi connectivity index (χ0) is 13.3. The highest BCUT2D eigenvalue weighted by Crippen LogP contribution is 2.31. The Balaban J connectivity index is 2.25. The van der Waals surface area contributed by atoms with Crippen molar-refractivity contribution < 1.29 is 24.2 Å². The molecule has 0 saturated heterocycles. The third-order valence-corrected chi connectivity index (χ3v) is 2.59. The molecule has 0 fully saturated rings. The zero-order valence-corrected chi connectivity index (χ0v) is 10.2. The highest BCUT2D eigenvalue weighted by molar-refractivity contribution is 5.93. The summed E-state index contributed by atoms with van der Waals surface area (Å²) in [5, 5.41) is 8.62. The van der Waals surface area contributed by atoms with Gasteiger partial charge >= 0.3 is 11.9 Å². The van der Waals surface area contributed by atoms with Gasteiger partial charge in [0.2, 0.25) is 5.79 Å². The number of rotatable bonds is 3. The first kappa shape index (κ1) is 12.4. The Hall–Kier alpha value is -2.04. The molecule has 1 N–H and O–H groups in total. The van der Waals surface area contributed by atoms with Crippen LogP contribution in [0.2, 0.25) is 0 Å². The number of cyclic esters (lactones) is 1. The lowest BCUT2D eigenvalue weighted by molar-refractivity contribution is -0.137. The van der Waals surface area contributed by atoms with Crippen molar-refractivity contribution in [3.63, 3.8) is 0 Å². The van der Waals surface area contributed by atoms with Crippen molar-refractivity contribution in [3.8, 4) is 5.75 Å². The molecule has 0 amide bonds. The number of ether oxygens (including phenoxy) is 2. The van der Waals surface area contributed by atoms with Crippen molar-refractivity contribution in [2.24, 2.45) is 0 Å². The lowest BCUT2D eigenvalue weighted by Gasteiger charge is -2.31. The van der Waals surface area contributed by atoms with Gasteiger partial charge in [-0.1, -0.05) is 6.07 Å². The van der Waals surface area contributed by atoms with Gasteiger partial charge in [0.25, 0.3) is 0 Å². The largest absolute Gasteiger partial charge is 0.481 e. The van der Waals surface area contributed by atoms with Crippen molar-refractivity contribution >= 4 is 11.9 Å². The Morgan fingerprint density at radius 2 is 2.06 bits per heavy atom. The average molecular weight is 250 g/mol. The number of aliphatic carboxylic acids is 1. The number of benzene rings is 1. The van der Waals surface area contributed by atoms with Crippen LogP contribution in [0, 0.1) is 0 Å². The summed E-state index contributed by atoms with van der Waals surface area (Å²) < 4.78 is 10.6. The van der Waals surface area contributed by atoms with Crippen molar-refractivity contribution in [1.29, 1.82) is 0 Å². The number of fused-ring (bicyclic) bond motifs is 1. The van der Waals surface area contributed by atoms with Gasteiger partial charge in [-0.25, -0.2) is 4.79 Å². The van der Waals surface area contributed by atoms with Gasteiger partial charge in [0.15, 0.2) is 0 Å². The molecule has 1 aliphatic heterocycles. The van der Waals surface area contributed by atoms with Gasteiger partial charge in [-0.15, -0.1) is 0 Å². The molecule has 1 heterocycles. The SMILES string of the molecule is CC1(C)OC(=O)c2cc(CCC(=O)O)ccc2O1. The van der Waals surface area contributed by atoms with Gasteiger partial charge in [-0.3, -0.25) is 4.79 Å². The number of hydrogen-bond donors (Lipinski definition) is 1. The third-order valence-electron chi connectivity index (χ3n) is 2.59. The predicted octanol–water partition coefficient (Wildman–Crippen LogP) is 1.99. The van der Waals surface area contributed by atoms with E-state index >= 15 is 0 Å². The highest BCUT2D eigenvalue weighted by Gasteiger charge is 2.33. The van der Waals surface area contributed by atoms with Crippen LogP contribution in [0.15, 0.2) is 18.2 Å². The van der Waals surface area contributed by atoms with Crippen LogP contribution < -0.4 is 4.74 Å². The van der Waals surface area contributed by atoms with E-state index in [1.165, 1.54) is 0 Å². The van der Waals surface area contributed by atoms with Crippen LogP contribution in [0.1, 0.15) is 36.2 Å². The molecule has 1 aliphatic rings. The molecule has 1 aromatic carbocycles. The molecule has 2 rings (SSSR count). The Morgan fingerprint density at radius 3 is 2.72 bits per heavy atom. The predicted molar refractivity (Wildman–Crippen MR) is 62.5 cm³/mol. The Labute approximate surface area is 104 Å². The van der Waals surface area contributed by atoms with Gasteiger partial charge < -0.3 is 14.6 Å². The summed E-state index contributed by atoms with van der Waals surface area (Å²) >= 11 is 0. The smallest absolute Gasteiger partial charge is 0.345 e. The number of aryl methyl sites for hydroxylation is 1. The van der Waals surface area contributed by atoms with Crippen LogP contribution in [0.3, 0.4) is 0 Å². The van der Waals surface area contributed by atoms with Crippen molar-refractivity contribution in [3.05, 3.63) is 29.3 Å². The fraction of sp³-hybridized carbons (Fsp3) is 0.385. The van der Waals surface area contributed by atoms with Gasteiger partial charge in [0.1, 0.15) is 11.3 Å². The maximum Gasteiger partial charge on any atom is 0.345 e. The lowest BCUT2D eigenvalue weighted by atomic mass is 10.0. The average Bonchev–Trinajstić information content (AvgIpc) is 2.25. The van der Waals surface area contributed by atoms with E-state index in [1.54, 1.807) is 32.0 Å². The molecule has 0 bridgehead atoms. The number of carbonyl (C=O) groups excluding carboxylic acids is 1. The highest BCUT2D eigenvalue weighted by atomic mass is 16.7. The second kappa shape index (κ2) is 4.33. The maximum atomic E-state index is 11.8. The van der Waals surface area contributed by atoms with Gasteiger partial charge in [-0.05, 0) is 24.1 Å². The van der Waals surface area contributed by atoms with E-state index in [9.17, 15) is 9.59 Å². The molecule has 0 aromatic heterocycles. The van der Waals surface area contributed by atoms with E-state index in [0.717, 1.165) is 5.56 Å². The van der Waals surface area contributed by atoms with E-state index < -0.39 is 17.7 Å². The molecule has 96 valence electrons. The summed E-state index contributed by atoms with van der Waals surface area (Å²) in [7, 11) is 0. The van der Waals surface area contributed by atoms with Crippen LogP contribution in [-0.2, 0) is 16.0 Å². The first-order valence-corrected chi connectivity index (χ1v) is 5.64. The summed E-state index contributed by atoms with van der Waals surface area (Å²) in [6, 6.07) is 5.06. The molecule has 18 heavy (non-hydrogen) atoms. The standard InChI is InChI=1S/C13H14O5/c1-13(2)17-10-5-3-8(4-6-11(14)15)7-9(10)12(16)18-13/h3,5,7H,4,6H2,1-2H3,(H,14,15). The summed E-state index contributed by atoms with van der Waals surface area (Å²) in [5.41, 5.74) is 1.12. The number of esters is 1. The van der Waals surface area contributed by atoms with E-state index in [2.05, 4.69) is 0 Å². The number of carboxylic acid groups (broad SMARTS) is 1. The van der Waals surface area contributed by atoms with Crippen molar-refractivity contribution in [2.75, 3.05) is 0 Å². The van der Waals surface area contributed by atoms with Crippen LogP contribution >= 0.6 is 0 Å². The summed E-state index contributed by atoms with van der Waals surface area (Å²) in [5.74, 6) is -1.81. The van der Waals surface area contributed by atoms with Crippen LogP contribution in [-0.4, -0.2) is 22.8 Å². The maximum absolute atomic E-state index is 11.8. The fourth-order valence-corrected chi connectivity index (χ4v) is 1.80. The van der Waals surface area contributed by atoms with Gasteiger partial charge in [0, 0.05) is 20.3 Å². The molecule has 0 unspecified atom stereocenters. The monoisotopic (exact) mass is 250 g/mol. The van der Waals surface area contributed by atoms with Gasteiger partial charge in [-0.2, -0.15) is 0 Å². The molecular weight excluding hydrogens is 236 g/mol. The second-order valence-corrected chi connectivity index (χ2v) is 4.62. The molecule has 0 radical (unpaired) electrons. The summed E-state index contributed by atoms with van der Waals surface area (Å²) in [4.78, 5) is 22.3. The van der Waals surface area contributed by atoms with Crippen molar-refractivity contribution in [1.82, 2.24) is 0 Å². The third kappa shape index (κ3) is 2.61. The van der Waals surface area contributed by atoms with Gasteiger partial charge in [0.05, 0.1) is 0 Å². The lowest BCUT2D eigenvalue weighted by Crippen LogP contribution is -2.38. The Morgan fingerprint density at radius 1 is 1.33 bits per heavy atom. The first-order chi connectivity index (χ1) is 8.37.